The average Bonchev–Trinajstić information content (AvgIpc) is 2.31. The summed E-state index contributed by atoms with van der Waals surface area (Å²) in [5.41, 5.74) is 6.48. The van der Waals surface area contributed by atoms with Gasteiger partial charge in [-0.1, -0.05) is 28.1 Å². The molecule has 0 aliphatic rings. The van der Waals surface area contributed by atoms with Crippen molar-refractivity contribution in [3.63, 3.8) is 0 Å². The highest BCUT2D eigenvalue weighted by atomic mass is 127. The van der Waals surface area contributed by atoms with E-state index in [9.17, 15) is 8.42 Å². The SMILES string of the molecule is Nc1cc(Br)ccc1S(=O)(=O)Nc1ccccc1I. The van der Waals surface area contributed by atoms with Crippen molar-refractivity contribution in [1.29, 1.82) is 0 Å². The van der Waals surface area contributed by atoms with Gasteiger partial charge in [-0.2, -0.15) is 0 Å². The molecule has 100 valence electrons. The second kappa shape index (κ2) is 5.68. The summed E-state index contributed by atoms with van der Waals surface area (Å²) in [5.74, 6) is 0. The molecule has 3 N–H and O–H groups in total. The van der Waals surface area contributed by atoms with E-state index in [1.165, 1.54) is 6.07 Å². The number of nitrogens with two attached hydrogens (primary N) is 1. The fourth-order valence-corrected chi connectivity index (χ4v) is 3.79. The van der Waals surface area contributed by atoms with Crippen molar-refractivity contribution in [2.75, 3.05) is 10.5 Å². The molecule has 0 bridgehead atoms. The summed E-state index contributed by atoms with van der Waals surface area (Å²) in [6.45, 7) is 0. The zero-order chi connectivity index (χ0) is 14.0. The summed E-state index contributed by atoms with van der Waals surface area (Å²) < 4.78 is 28.6. The summed E-state index contributed by atoms with van der Waals surface area (Å²) in [5, 5.41) is 0. The number of hydrogen-bond donors (Lipinski definition) is 2. The van der Waals surface area contributed by atoms with E-state index in [1.807, 2.05) is 12.1 Å². The third-order valence-corrected chi connectivity index (χ3v) is 5.25. The van der Waals surface area contributed by atoms with Crippen LogP contribution in [-0.2, 0) is 10.0 Å². The van der Waals surface area contributed by atoms with E-state index >= 15 is 0 Å². The molecule has 0 amide bonds. The Kier molecular flexibility index (Phi) is 4.36. The number of hydrogen-bond acceptors (Lipinski definition) is 3. The second-order valence-corrected chi connectivity index (χ2v) is 7.50. The predicted octanol–water partition coefficient (Wildman–Crippen LogP) is 3.44. The highest BCUT2D eigenvalue weighted by Crippen LogP contribution is 2.26. The van der Waals surface area contributed by atoms with E-state index in [4.69, 9.17) is 5.73 Å². The van der Waals surface area contributed by atoms with Crippen LogP contribution in [0.4, 0.5) is 11.4 Å². The minimum atomic E-state index is -3.68. The lowest BCUT2D eigenvalue weighted by Gasteiger charge is -2.11. The van der Waals surface area contributed by atoms with Crippen molar-refractivity contribution < 1.29 is 8.42 Å². The van der Waals surface area contributed by atoms with Gasteiger partial charge < -0.3 is 5.73 Å². The number of para-hydroxylation sites is 1. The van der Waals surface area contributed by atoms with E-state index in [1.54, 1.807) is 24.3 Å². The monoisotopic (exact) mass is 452 g/mol. The fraction of sp³-hybridized carbons (Fsp3) is 0. The molecule has 0 radical (unpaired) electrons. The van der Waals surface area contributed by atoms with Gasteiger partial charge in [0.2, 0.25) is 0 Å². The number of anilines is 2. The first-order valence-corrected chi connectivity index (χ1v) is 8.58. The van der Waals surface area contributed by atoms with Gasteiger partial charge in [-0.05, 0) is 52.9 Å². The van der Waals surface area contributed by atoms with Crippen molar-refractivity contribution in [3.05, 3.63) is 50.5 Å². The number of nitrogens with one attached hydrogen (secondary N) is 1. The van der Waals surface area contributed by atoms with E-state index in [0.29, 0.717) is 5.69 Å². The molecule has 0 aliphatic heterocycles. The number of rotatable bonds is 3. The van der Waals surface area contributed by atoms with E-state index in [0.717, 1.165) is 8.04 Å². The largest absolute Gasteiger partial charge is 0.398 e. The summed E-state index contributed by atoms with van der Waals surface area (Å²) >= 11 is 5.31. The van der Waals surface area contributed by atoms with Crippen LogP contribution in [0.3, 0.4) is 0 Å². The predicted molar refractivity (Wildman–Crippen MR) is 88.5 cm³/mol. The summed E-state index contributed by atoms with van der Waals surface area (Å²) in [4.78, 5) is 0.0651. The van der Waals surface area contributed by atoms with Gasteiger partial charge in [-0.25, -0.2) is 8.42 Å². The Bertz CT molecular complexity index is 719. The molecule has 0 saturated carbocycles. The molecule has 19 heavy (non-hydrogen) atoms. The highest BCUT2D eigenvalue weighted by molar-refractivity contribution is 14.1. The molecule has 0 saturated heterocycles. The molecule has 0 aliphatic carbocycles. The van der Waals surface area contributed by atoms with Gasteiger partial charge in [0.25, 0.3) is 10.0 Å². The van der Waals surface area contributed by atoms with Crippen LogP contribution in [0.5, 0.6) is 0 Å². The zero-order valence-corrected chi connectivity index (χ0v) is 14.2. The highest BCUT2D eigenvalue weighted by Gasteiger charge is 2.18. The van der Waals surface area contributed by atoms with E-state index < -0.39 is 10.0 Å². The Labute approximate surface area is 133 Å². The lowest BCUT2D eigenvalue weighted by atomic mass is 10.3. The Morgan fingerprint density at radius 2 is 1.84 bits per heavy atom. The van der Waals surface area contributed by atoms with Crippen LogP contribution < -0.4 is 10.5 Å². The zero-order valence-electron chi connectivity index (χ0n) is 9.60. The van der Waals surface area contributed by atoms with Crippen LogP contribution in [0.1, 0.15) is 0 Å². The molecular weight excluding hydrogens is 443 g/mol. The summed E-state index contributed by atoms with van der Waals surface area (Å²) in [7, 11) is -3.68. The molecule has 4 nitrogen and oxygen atoms in total. The third kappa shape index (κ3) is 3.40. The van der Waals surface area contributed by atoms with Crippen molar-refractivity contribution in [1.82, 2.24) is 0 Å². The van der Waals surface area contributed by atoms with Gasteiger partial charge in [-0.15, -0.1) is 0 Å². The van der Waals surface area contributed by atoms with Gasteiger partial charge in [-0.3, -0.25) is 4.72 Å². The fourth-order valence-electron chi connectivity index (χ4n) is 1.51. The standard InChI is InChI=1S/C12H10BrIN2O2S/c13-8-5-6-12(10(15)7-8)19(17,18)16-11-4-2-1-3-9(11)14/h1-7,16H,15H2. The minimum absolute atomic E-state index is 0.0651. The van der Waals surface area contributed by atoms with Crippen LogP contribution in [-0.4, -0.2) is 8.42 Å². The Morgan fingerprint density at radius 3 is 2.47 bits per heavy atom. The maximum Gasteiger partial charge on any atom is 0.263 e. The lowest BCUT2D eigenvalue weighted by Crippen LogP contribution is -2.15. The first-order valence-electron chi connectivity index (χ1n) is 5.22. The van der Waals surface area contributed by atoms with Crippen molar-refractivity contribution in [3.8, 4) is 0 Å². The van der Waals surface area contributed by atoms with Crippen molar-refractivity contribution in [2.24, 2.45) is 0 Å². The molecule has 2 aromatic rings. The Balaban J connectivity index is 2.41. The van der Waals surface area contributed by atoms with Gasteiger partial charge >= 0.3 is 0 Å². The normalized spacial score (nSPS) is 11.3. The van der Waals surface area contributed by atoms with Crippen LogP contribution >= 0.6 is 38.5 Å². The maximum absolute atomic E-state index is 12.3. The van der Waals surface area contributed by atoms with Gasteiger partial charge in [0.05, 0.1) is 11.4 Å². The first-order chi connectivity index (χ1) is 8.90. The molecule has 0 heterocycles. The molecule has 0 fully saturated rings. The molecule has 0 atom stereocenters. The topological polar surface area (TPSA) is 72.2 Å². The number of sulfonamides is 1. The Hall–Kier alpha value is -0.800. The smallest absolute Gasteiger partial charge is 0.263 e. The first kappa shape index (κ1) is 14.6. The molecule has 7 heteroatoms. The molecule has 0 spiro atoms. The lowest BCUT2D eigenvalue weighted by molar-refractivity contribution is 0.601. The van der Waals surface area contributed by atoms with E-state index in [2.05, 4.69) is 43.2 Å². The number of halogens is 2. The Morgan fingerprint density at radius 1 is 1.16 bits per heavy atom. The average molecular weight is 453 g/mol. The maximum atomic E-state index is 12.3. The number of benzene rings is 2. The quantitative estimate of drug-likeness (QED) is 0.553. The van der Waals surface area contributed by atoms with Gasteiger partial charge in [0, 0.05) is 8.04 Å². The van der Waals surface area contributed by atoms with Crippen molar-refractivity contribution >= 4 is 59.9 Å². The van der Waals surface area contributed by atoms with Gasteiger partial charge in [0.15, 0.2) is 0 Å². The number of nitrogen functional groups attached to an aromatic ring is 1. The molecular formula is C12H10BrIN2O2S. The molecule has 2 aromatic carbocycles. The summed E-state index contributed by atoms with van der Waals surface area (Å²) in [6, 6.07) is 11.8. The van der Waals surface area contributed by atoms with Crippen LogP contribution in [0.25, 0.3) is 0 Å². The van der Waals surface area contributed by atoms with Crippen LogP contribution in [0.15, 0.2) is 51.8 Å². The molecule has 0 unspecified atom stereocenters. The second-order valence-electron chi connectivity index (χ2n) is 3.77. The van der Waals surface area contributed by atoms with Crippen LogP contribution in [0.2, 0.25) is 0 Å². The third-order valence-electron chi connectivity index (χ3n) is 2.38. The van der Waals surface area contributed by atoms with Crippen LogP contribution in [0, 0.1) is 3.57 Å². The molecule has 0 aromatic heterocycles. The minimum Gasteiger partial charge on any atom is -0.398 e. The van der Waals surface area contributed by atoms with E-state index in [-0.39, 0.29) is 10.6 Å². The van der Waals surface area contributed by atoms with Gasteiger partial charge in [0.1, 0.15) is 4.90 Å². The molecule has 2 rings (SSSR count). The summed E-state index contributed by atoms with van der Waals surface area (Å²) in [6.07, 6.45) is 0. The van der Waals surface area contributed by atoms with Crippen molar-refractivity contribution in [2.45, 2.75) is 4.90 Å².